The average Bonchev–Trinajstić information content (AvgIpc) is 3.92. The van der Waals surface area contributed by atoms with Gasteiger partial charge in [-0.25, -0.2) is 0 Å². The minimum atomic E-state index is -0.142. The summed E-state index contributed by atoms with van der Waals surface area (Å²) >= 11 is 0. The topological polar surface area (TPSA) is 107 Å². The van der Waals surface area contributed by atoms with Crippen LogP contribution in [-0.4, -0.2) is 57.5 Å². The number of carbonyl (C=O) groups excluding carboxylic acids is 3. The molecule has 3 fully saturated rings. The first-order valence-electron chi connectivity index (χ1n) is 15.4. The van der Waals surface area contributed by atoms with Crippen molar-refractivity contribution < 1.29 is 42.8 Å². The van der Waals surface area contributed by atoms with Gasteiger partial charge in [-0.1, -0.05) is 91.0 Å². The predicted molar refractivity (Wildman–Crippen MR) is 165 cm³/mol. The predicted octanol–water partition coefficient (Wildman–Crippen LogP) is 5.30. The summed E-state index contributed by atoms with van der Waals surface area (Å²) in [6.45, 7) is 4.61. The van der Waals surface area contributed by atoms with Crippen LogP contribution in [0.15, 0.2) is 91.0 Å². The molecule has 3 aromatic rings. The van der Waals surface area contributed by atoms with Crippen LogP contribution in [0.2, 0.25) is 0 Å². The van der Waals surface area contributed by atoms with E-state index in [0.717, 1.165) is 36.0 Å². The lowest BCUT2D eigenvalue weighted by molar-refractivity contribution is -0.150. The SMILES string of the molecule is O=C(OCc1ccccc1)C1CCOC1.O=C(OCc1ccccc1)C1CCOC1.O=C(OCc1ccccc1)C1CCOC1. The summed E-state index contributed by atoms with van der Waals surface area (Å²) in [6, 6.07) is 29.1. The van der Waals surface area contributed by atoms with Crippen LogP contribution in [-0.2, 0) is 62.6 Å². The maximum atomic E-state index is 11.5. The summed E-state index contributed by atoms with van der Waals surface area (Å²) in [6.07, 6.45) is 2.36. The van der Waals surface area contributed by atoms with Crippen LogP contribution in [0.3, 0.4) is 0 Å². The Labute approximate surface area is 264 Å². The Morgan fingerprint density at radius 2 is 0.733 bits per heavy atom. The minimum absolute atomic E-state index is 0.0614. The van der Waals surface area contributed by atoms with Crippen molar-refractivity contribution in [3.8, 4) is 0 Å². The lowest BCUT2D eigenvalue weighted by atomic mass is 10.1. The van der Waals surface area contributed by atoms with E-state index in [1.54, 1.807) is 0 Å². The molecule has 3 aromatic carbocycles. The molecule has 0 aromatic heterocycles. The van der Waals surface area contributed by atoms with Gasteiger partial charge in [-0.3, -0.25) is 14.4 Å². The van der Waals surface area contributed by atoms with Gasteiger partial charge in [0.2, 0.25) is 0 Å². The minimum Gasteiger partial charge on any atom is -0.461 e. The first kappa shape index (κ1) is 33.8. The molecule has 3 heterocycles. The number of rotatable bonds is 9. The molecule has 3 aliphatic rings. The van der Waals surface area contributed by atoms with Gasteiger partial charge in [0.15, 0.2) is 0 Å². The molecule has 3 saturated heterocycles. The number of esters is 3. The van der Waals surface area contributed by atoms with E-state index in [1.807, 2.05) is 91.0 Å². The van der Waals surface area contributed by atoms with E-state index in [-0.39, 0.29) is 35.7 Å². The van der Waals surface area contributed by atoms with E-state index in [2.05, 4.69) is 0 Å². The standard InChI is InChI=1S/3C12H14O3/c3*13-12(11-6-7-14-9-11)15-8-10-4-2-1-3-5-10/h3*1-5,11H,6-9H2. The van der Waals surface area contributed by atoms with Gasteiger partial charge in [0.05, 0.1) is 37.6 Å². The highest BCUT2D eigenvalue weighted by Crippen LogP contribution is 2.17. The van der Waals surface area contributed by atoms with Gasteiger partial charge in [0.25, 0.3) is 0 Å². The summed E-state index contributed by atoms with van der Waals surface area (Å²) in [5.41, 5.74) is 3.05. The zero-order chi connectivity index (χ0) is 31.5. The van der Waals surface area contributed by atoms with Crippen LogP contribution in [0.25, 0.3) is 0 Å². The van der Waals surface area contributed by atoms with Crippen molar-refractivity contribution in [2.24, 2.45) is 17.8 Å². The molecule has 6 rings (SSSR count). The fourth-order valence-electron chi connectivity index (χ4n) is 4.70. The quantitative estimate of drug-likeness (QED) is 0.233. The zero-order valence-corrected chi connectivity index (χ0v) is 25.6. The maximum Gasteiger partial charge on any atom is 0.311 e. The Morgan fingerprint density at radius 3 is 0.956 bits per heavy atom. The third-order valence-electron chi connectivity index (χ3n) is 7.46. The summed E-state index contributed by atoms with van der Waals surface area (Å²) in [5, 5.41) is 0. The average molecular weight is 619 g/mol. The highest BCUT2D eigenvalue weighted by atomic mass is 16.5. The second-order valence-corrected chi connectivity index (χ2v) is 11.0. The highest BCUT2D eigenvalue weighted by molar-refractivity contribution is 5.73. The van der Waals surface area contributed by atoms with Gasteiger partial charge >= 0.3 is 17.9 Å². The van der Waals surface area contributed by atoms with Gasteiger partial charge in [0.1, 0.15) is 19.8 Å². The van der Waals surface area contributed by atoms with E-state index >= 15 is 0 Å². The highest BCUT2D eigenvalue weighted by Gasteiger charge is 2.26. The first-order chi connectivity index (χ1) is 22.1. The van der Waals surface area contributed by atoms with E-state index < -0.39 is 0 Å². The molecule has 0 radical (unpaired) electrons. The van der Waals surface area contributed by atoms with Crippen molar-refractivity contribution in [1.82, 2.24) is 0 Å². The van der Waals surface area contributed by atoms with Gasteiger partial charge in [-0.05, 0) is 36.0 Å². The van der Waals surface area contributed by atoms with Crippen molar-refractivity contribution in [3.63, 3.8) is 0 Å². The number of ether oxygens (including phenoxy) is 6. The normalized spacial score (nSPS) is 20.1. The summed E-state index contributed by atoms with van der Waals surface area (Å²) in [5.74, 6) is -0.611. The van der Waals surface area contributed by atoms with Crippen LogP contribution in [0.1, 0.15) is 36.0 Å². The molecular formula is C36H42O9. The van der Waals surface area contributed by atoms with Crippen LogP contribution in [0.4, 0.5) is 0 Å². The lowest BCUT2D eigenvalue weighted by Crippen LogP contribution is -2.17. The molecule has 0 spiro atoms. The van der Waals surface area contributed by atoms with Crippen molar-refractivity contribution in [1.29, 1.82) is 0 Å². The van der Waals surface area contributed by atoms with Gasteiger partial charge in [-0.2, -0.15) is 0 Å². The molecule has 9 nitrogen and oxygen atoms in total. The molecule has 0 N–H and O–H groups in total. The number of hydrogen-bond acceptors (Lipinski definition) is 9. The smallest absolute Gasteiger partial charge is 0.311 e. The van der Waals surface area contributed by atoms with Crippen molar-refractivity contribution in [2.45, 2.75) is 39.1 Å². The Kier molecular flexibility index (Phi) is 14.6. The van der Waals surface area contributed by atoms with E-state index in [0.29, 0.717) is 59.5 Å². The zero-order valence-electron chi connectivity index (χ0n) is 25.6. The first-order valence-corrected chi connectivity index (χ1v) is 15.4. The van der Waals surface area contributed by atoms with Crippen LogP contribution >= 0.6 is 0 Å². The molecule has 0 saturated carbocycles. The largest absolute Gasteiger partial charge is 0.461 e. The number of hydrogen-bond donors (Lipinski definition) is 0. The van der Waals surface area contributed by atoms with E-state index in [1.165, 1.54) is 0 Å². The van der Waals surface area contributed by atoms with Crippen LogP contribution < -0.4 is 0 Å². The van der Waals surface area contributed by atoms with Crippen molar-refractivity contribution in [2.75, 3.05) is 39.6 Å². The Hall–Kier alpha value is -4.05. The van der Waals surface area contributed by atoms with Crippen LogP contribution in [0.5, 0.6) is 0 Å². The van der Waals surface area contributed by atoms with Crippen molar-refractivity contribution in [3.05, 3.63) is 108 Å². The molecule has 45 heavy (non-hydrogen) atoms. The molecule has 3 atom stereocenters. The van der Waals surface area contributed by atoms with Crippen molar-refractivity contribution >= 4 is 17.9 Å². The Balaban J connectivity index is 0.000000154. The molecule has 3 aliphatic heterocycles. The Morgan fingerprint density at radius 1 is 0.467 bits per heavy atom. The number of carbonyl (C=O) groups is 3. The molecule has 240 valence electrons. The molecule has 3 unspecified atom stereocenters. The Bertz CT molecular complexity index is 1110. The third-order valence-corrected chi connectivity index (χ3v) is 7.46. The molecular weight excluding hydrogens is 576 g/mol. The van der Waals surface area contributed by atoms with Crippen LogP contribution in [0, 0.1) is 17.8 Å². The summed E-state index contributed by atoms with van der Waals surface area (Å²) < 4.78 is 31.0. The van der Waals surface area contributed by atoms with E-state index in [4.69, 9.17) is 28.4 Å². The maximum absolute atomic E-state index is 11.5. The van der Waals surface area contributed by atoms with E-state index in [9.17, 15) is 14.4 Å². The molecule has 0 aliphatic carbocycles. The molecule has 0 bridgehead atoms. The lowest BCUT2D eigenvalue weighted by Gasteiger charge is -2.08. The fraction of sp³-hybridized carbons (Fsp3) is 0.417. The fourth-order valence-corrected chi connectivity index (χ4v) is 4.70. The second kappa shape index (κ2) is 19.4. The monoisotopic (exact) mass is 618 g/mol. The summed E-state index contributed by atoms with van der Waals surface area (Å²) in [7, 11) is 0. The van der Waals surface area contributed by atoms with Gasteiger partial charge in [-0.15, -0.1) is 0 Å². The number of benzene rings is 3. The third kappa shape index (κ3) is 12.5. The molecule has 0 amide bonds. The van der Waals surface area contributed by atoms with Gasteiger partial charge in [0, 0.05) is 19.8 Å². The summed E-state index contributed by atoms with van der Waals surface area (Å²) in [4.78, 5) is 34.5. The molecule has 9 heteroatoms. The van der Waals surface area contributed by atoms with Gasteiger partial charge < -0.3 is 28.4 Å². The second-order valence-electron chi connectivity index (χ2n) is 11.0.